The molecule has 1 aromatic carbocycles. The van der Waals surface area contributed by atoms with Crippen molar-refractivity contribution in [2.45, 2.75) is 27.4 Å². The highest BCUT2D eigenvalue weighted by Crippen LogP contribution is 2.30. The lowest BCUT2D eigenvalue weighted by Crippen LogP contribution is -2.33. The molecule has 0 spiro atoms. The van der Waals surface area contributed by atoms with Crippen molar-refractivity contribution in [3.8, 4) is 11.6 Å². The van der Waals surface area contributed by atoms with Gasteiger partial charge in [0.05, 0.1) is 43.3 Å². The third-order valence-corrected chi connectivity index (χ3v) is 5.24. The quantitative estimate of drug-likeness (QED) is 0.737. The van der Waals surface area contributed by atoms with Crippen LogP contribution in [0.5, 0.6) is 5.88 Å². The molecule has 3 heterocycles. The number of para-hydroxylation sites is 1. The zero-order chi connectivity index (χ0) is 19.8. The van der Waals surface area contributed by atoms with Gasteiger partial charge >= 0.3 is 0 Å². The van der Waals surface area contributed by atoms with E-state index in [-0.39, 0.29) is 12.0 Å². The van der Waals surface area contributed by atoms with E-state index in [9.17, 15) is 9.90 Å². The van der Waals surface area contributed by atoms with Gasteiger partial charge in [0.1, 0.15) is 5.39 Å². The highest BCUT2D eigenvalue weighted by atomic mass is 16.5. The zero-order valence-corrected chi connectivity index (χ0v) is 16.4. The van der Waals surface area contributed by atoms with Gasteiger partial charge in [-0.2, -0.15) is 0 Å². The summed E-state index contributed by atoms with van der Waals surface area (Å²) in [5.41, 5.74) is 5.01. The second kappa shape index (κ2) is 7.37. The molecule has 1 aliphatic heterocycles. The molecule has 6 heteroatoms. The summed E-state index contributed by atoms with van der Waals surface area (Å²) < 4.78 is 13.1. The van der Waals surface area contributed by atoms with E-state index < -0.39 is 0 Å². The van der Waals surface area contributed by atoms with Crippen molar-refractivity contribution in [3.63, 3.8) is 0 Å². The number of aliphatic hydroxyl groups excluding tert-OH is 1. The molecule has 0 unspecified atom stereocenters. The summed E-state index contributed by atoms with van der Waals surface area (Å²) in [5, 5.41) is 10.4. The molecule has 1 fully saturated rings. The molecule has 0 saturated carbocycles. The van der Waals surface area contributed by atoms with Crippen molar-refractivity contribution in [1.82, 2.24) is 9.55 Å². The van der Waals surface area contributed by atoms with Crippen molar-refractivity contribution in [1.29, 1.82) is 0 Å². The van der Waals surface area contributed by atoms with Gasteiger partial charge in [-0.15, -0.1) is 0 Å². The molecule has 146 valence electrons. The average molecular weight is 380 g/mol. The molecule has 0 radical (unpaired) electrons. The lowest BCUT2D eigenvalue weighted by Gasteiger charge is -2.26. The van der Waals surface area contributed by atoms with Gasteiger partial charge in [-0.1, -0.05) is 18.2 Å². The summed E-state index contributed by atoms with van der Waals surface area (Å²) in [5.74, 6) is 0.665. The first-order valence-corrected chi connectivity index (χ1v) is 9.43. The van der Waals surface area contributed by atoms with Gasteiger partial charge < -0.3 is 19.1 Å². The van der Waals surface area contributed by atoms with Gasteiger partial charge in [0.2, 0.25) is 5.88 Å². The Balaban J connectivity index is 2.01. The van der Waals surface area contributed by atoms with E-state index in [4.69, 9.17) is 9.47 Å². The topological polar surface area (TPSA) is 73.6 Å². The normalized spacial score (nSPS) is 14.3. The van der Waals surface area contributed by atoms with E-state index in [0.717, 1.165) is 27.9 Å². The van der Waals surface area contributed by atoms with Crippen LogP contribution in [0, 0.1) is 26.7 Å². The Bertz CT molecular complexity index is 1080. The summed E-state index contributed by atoms with van der Waals surface area (Å²) in [6, 6.07) is 7.53. The number of rotatable bonds is 5. The van der Waals surface area contributed by atoms with Crippen molar-refractivity contribution >= 4 is 10.9 Å². The minimum atomic E-state index is -0.240. The van der Waals surface area contributed by atoms with Crippen LogP contribution in [0.15, 0.2) is 35.3 Å². The number of nitrogens with zero attached hydrogens (tertiary/aromatic N) is 2. The van der Waals surface area contributed by atoms with Crippen LogP contribution in [-0.4, -0.2) is 34.5 Å². The van der Waals surface area contributed by atoms with Crippen molar-refractivity contribution in [2.75, 3.05) is 19.8 Å². The minimum Gasteiger partial charge on any atom is -0.477 e. The van der Waals surface area contributed by atoms with Crippen LogP contribution < -0.4 is 10.2 Å². The fourth-order valence-electron chi connectivity index (χ4n) is 3.74. The molecule has 2 aromatic heterocycles. The lowest BCUT2D eigenvalue weighted by atomic mass is 10.1. The molecule has 3 aromatic rings. The third-order valence-electron chi connectivity index (χ3n) is 5.24. The second-order valence-corrected chi connectivity index (χ2v) is 7.42. The van der Waals surface area contributed by atoms with E-state index in [0.29, 0.717) is 42.7 Å². The van der Waals surface area contributed by atoms with E-state index >= 15 is 0 Å². The van der Waals surface area contributed by atoms with Crippen molar-refractivity contribution < 1.29 is 14.6 Å². The van der Waals surface area contributed by atoms with Crippen molar-refractivity contribution in [2.24, 2.45) is 5.92 Å². The molecule has 0 bridgehead atoms. The van der Waals surface area contributed by atoms with E-state index in [2.05, 4.69) is 4.98 Å². The lowest BCUT2D eigenvalue weighted by molar-refractivity contribution is -0.0512. The number of pyridine rings is 2. The molecule has 6 nitrogen and oxygen atoms in total. The maximum Gasteiger partial charge on any atom is 0.226 e. The number of ether oxygens (including phenoxy) is 2. The summed E-state index contributed by atoms with van der Waals surface area (Å²) in [4.78, 5) is 17.3. The van der Waals surface area contributed by atoms with E-state index in [1.54, 1.807) is 6.20 Å². The monoisotopic (exact) mass is 380 g/mol. The number of fused-ring (bicyclic) bond motifs is 1. The predicted octanol–water partition coefficient (Wildman–Crippen LogP) is 2.83. The summed E-state index contributed by atoms with van der Waals surface area (Å²) in [6.07, 6.45) is 1.72. The molecule has 4 rings (SSSR count). The van der Waals surface area contributed by atoms with Gasteiger partial charge in [-0.3, -0.25) is 4.79 Å². The van der Waals surface area contributed by atoms with Crippen molar-refractivity contribution in [3.05, 3.63) is 63.1 Å². The second-order valence-electron chi connectivity index (χ2n) is 7.42. The first kappa shape index (κ1) is 18.7. The number of hydrogen-bond donors (Lipinski definition) is 1. The Kier molecular flexibility index (Phi) is 4.91. The number of aliphatic hydroxyl groups is 1. The van der Waals surface area contributed by atoms with Crippen LogP contribution in [0.1, 0.15) is 22.4 Å². The minimum absolute atomic E-state index is 0.197. The molecular formula is C22H24N2O4. The third kappa shape index (κ3) is 3.08. The van der Waals surface area contributed by atoms with Crippen LogP contribution in [0.4, 0.5) is 0 Å². The number of aromatic nitrogens is 2. The molecule has 0 amide bonds. The molecule has 1 saturated heterocycles. The smallest absolute Gasteiger partial charge is 0.226 e. The molecule has 1 N–H and O–H groups in total. The fourth-order valence-corrected chi connectivity index (χ4v) is 3.74. The van der Waals surface area contributed by atoms with Gasteiger partial charge in [0, 0.05) is 18.2 Å². The number of aryl methyl sites for hydroxylation is 3. The van der Waals surface area contributed by atoms with Crippen LogP contribution in [0.2, 0.25) is 0 Å². The van der Waals surface area contributed by atoms with Gasteiger partial charge in [-0.25, -0.2) is 4.98 Å². The van der Waals surface area contributed by atoms with Crippen LogP contribution in [-0.2, 0) is 11.3 Å². The first-order chi connectivity index (χ1) is 13.5. The Morgan fingerprint density at radius 2 is 1.93 bits per heavy atom. The predicted molar refractivity (Wildman–Crippen MR) is 107 cm³/mol. The molecule has 28 heavy (non-hydrogen) atoms. The summed E-state index contributed by atoms with van der Waals surface area (Å²) in [6.45, 7) is 7.54. The highest BCUT2D eigenvalue weighted by Gasteiger charge is 2.22. The molecular weight excluding hydrogens is 356 g/mol. The summed E-state index contributed by atoms with van der Waals surface area (Å²) >= 11 is 0. The zero-order valence-electron chi connectivity index (χ0n) is 16.4. The van der Waals surface area contributed by atoms with Crippen LogP contribution >= 0.6 is 0 Å². The van der Waals surface area contributed by atoms with Crippen LogP contribution in [0.3, 0.4) is 0 Å². The highest BCUT2D eigenvalue weighted by molar-refractivity contribution is 5.88. The van der Waals surface area contributed by atoms with Gasteiger partial charge in [0.25, 0.3) is 0 Å². The van der Waals surface area contributed by atoms with Crippen LogP contribution in [0.25, 0.3) is 16.6 Å². The van der Waals surface area contributed by atoms with E-state index in [1.807, 2.05) is 43.5 Å². The van der Waals surface area contributed by atoms with Gasteiger partial charge in [-0.05, 0) is 37.5 Å². The standard InChI is InChI=1S/C22H24N2O4/c1-13-5-4-6-14(2)20(13)24-17(9-25)7-18(26)19-21(24)15(3)8-23-22(19)28-12-16-10-27-11-16/h4-8,16,25H,9-12H2,1-3H3. The Morgan fingerprint density at radius 3 is 2.54 bits per heavy atom. The molecule has 0 aliphatic carbocycles. The maximum absolute atomic E-state index is 12.9. The number of hydrogen-bond acceptors (Lipinski definition) is 5. The average Bonchev–Trinajstić information content (AvgIpc) is 2.63. The Labute approximate surface area is 163 Å². The molecule has 1 aliphatic rings. The van der Waals surface area contributed by atoms with E-state index in [1.165, 1.54) is 6.07 Å². The van der Waals surface area contributed by atoms with Gasteiger partial charge in [0.15, 0.2) is 5.43 Å². The SMILES string of the molecule is Cc1cccc(C)c1-n1c(CO)cc(=O)c2c(OCC3COC3)ncc(C)c21. The first-order valence-electron chi connectivity index (χ1n) is 9.43. The largest absolute Gasteiger partial charge is 0.477 e. The Morgan fingerprint density at radius 1 is 1.21 bits per heavy atom. The molecule has 0 atom stereocenters. The summed E-state index contributed by atoms with van der Waals surface area (Å²) in [7, 11) is 0. The fraction of sp³-hybridized carbons (Fsp3) is 0.364. The number of benzene rings is 1. The Hall–Kier alpha value is -2.70. The maximum atomic E-state index is 12.9.